The molecule has 2 saturated carbocycles. The van der Waals surface area contributed by atoms with Crippen LogP contribution in [-0.4, -0.2) is 28.8 Å². The zero-order chi connectivity index (χ0) is 20.2. The molecule has 2 amide bonds. The van der Waals surface area contributed by atoms with Crippen LogP contribution in [0.2, 0.25) is 0 Å². The van der Waals surface area contributed by atoms with Crippen molar-refractivity contribution in [3.05, 3.63) is 57.8 Å². The third kappa shape index (κ3) is 4.89. The molecule has 1 heterocycles. The quantitative estimate of drug-likeness (QED) is 0.689. The van der Waals surface area contributed by atoms with Gasteiger partial charge in [0.1, 0.15) is 6.04 Å². The molecule has 2 aromatic rings. The standard InChI is InChI=1S/C24H30N2O2S/c1-2-17-9-11-18(12-10-17)23(24(28)25-19-6-3-4-7-19)26(20-13-14-20)22(27)16-21-8-5-15-29-21/h5,8-12,15,19-20,23H,2-4,6-7,13-14,16H2,1H3,(H,25,28)/t23-/m0/s1. The highest BCUT2D eigenvalue weighted by Gasteiger charge is 2.41. The van der Waals surface area contributed by atoms with Gasteiger partial charge in [0.15, 0.2) is 0 Å². The molecule has 1 aromatic heterocycles. The van der Waals surface area contributed by atoms with Crippen LogP contribution in [0.3, 0.4) is 0 Å². The number of benzene rings is 1. The minimum Gasteiger partial charge on any atom is -0.351 e. The molecule has 2 fully saturated rings. The third-order valence-electron chi connectivity index (χ3n) is 6.07. The zero-order valence-corrected chi connectivity index (χ0v) is 17.9. The average Bonchev–Trinajstić information content (AvgIpc) is 3.18. The molecule has 0 spiro atoms. The lowest BCUT2D eigenvalue weighted by Gasteiger charge is -2.32. The molecule has 1 aromatic carbocycles. The molecule has 4 rings (SSSR count). The van der Waals surface area contributed by atoms with Crippen molar-refractivity contribution >= 4 is 23.2 Å². The molecule has 2 aliphatic rings. The number of amides is 2. The largest absolute Gasteiger partial charge is 0.351 e. The summed E-state index contributed by atoms with van der Waals surface area (Å²) < 4.78 is 0. The molecular weight excluding hydrogens is 380 g/mol. The second-order valence-corrected chi connectivity index (χ2v) is 9.31. The summed E-state index contributed by atoms with van der Waals surface area (Å²) in [5.41, 5.74) is 2.16. The highest BCUT2D eigenvalue weighted by molar-refractivity contribution is 7.10. The highest BCUT2D eigenvalue weighted by Crippen LogP contribution is 2.36. The molecule has 154 valence electrons. The summed E-state index contributed by atoms with van der Waals surface area (Å²) in [6, 6.07) is 12.1. The molecule has 2 aliphatic carbocycles. The van der Waals surface area contributed by atoms with Crippen LogP contribution in [0.1, 0.15) is 67.5 Å². The van der Waals surface area contributed by atoms with Crippen LogP contribution >= 0.6 is 11.3 Å². The Bertz CT molecular complexity index is 821. The Morgan fingerprint density at radius 2 is 1.83 bits per heavy atom. The summed E-state index contributed by atoms with van der Waals surface area (Å²) in [4.78, 5) is 29.7. The second-order valence-electron chi connectivity index (χ2n) is 8.28. The lowest BCUT2D eigenvalue weighted by molar-refractivity contribution is -0.141. The predicted octanol–water partition coefficient (Wildman–Crippen LogP) is 4.64. The van der Waals surface area contributed by atoms with Crippen LogP contribution in [0, 0.1) is 0 Å². The Labute approximate surface area is 177 Å². The van der Waals surface area contributed by atoms with Gasteiger partial charge < -0.3 is 10.2 Å². The van der Waals surface area contributed by atoms with Gasteiger partial charge in [0.2, 0.25) is 11.8 Å². The molecule has 1 N–H and O–H groups in total. The number of nitrogens with one attached hydrogen (secondary N) is 1. The maximum absolute atomic E-state index is 13.4. The van der Waals surface area contributed by atoms with E-state index in [1.807, 2.05) is 34.5 Å². The van der Waals surface area contributed by atoms with E-state index in [2.05, 4.69) is 24.4 Å². The van der Waals surface area contributed by atoms with E-state index in [-0.39, 0.29) is 23.9 Å². The van der Waals surface area contributed by atoms with Gasteiger partial charge in [0, 0.05) is 17.0 Å². The Balaban J connectivity index is 1.62. The molecule has 4 nitrogen and oxygen atoms in total. The molecule has 0 bridgehead atoms. The summed E-state index contributed by atoms with van der Waals surface area (Å²) in [5, 5.41) is 5.25. The number of rotatable bonds is 8. The van der Waals surface area contributed by atoms with E-state index in [0.717, 1.165) is 42.5 Å². The lowest BCUT2D eigenvalue weighted by atomic mass is 10.00. The molecule has 0 aliphatic heterocycles. The van der Waals surface area contributed by atoms with Crippen molar-refractivity contribution < 1.29 is 9.59 Å². The minimum atomic E-state index is -0.540. The van der Waals surface area contributed by atoms with Crippen molar-refractivity contribution in [2.24, 2.45) is 0 Å². The van der Waals surface area contributed by atoms with Crippen LogP contribution in [-0.2, 0) is 22.4 Å². The van der Waals surface area contributed by atoms with Gasteiger partial charge in [-0.1, -0.05) is 50.1 Å². The van der Waals surface area contributed by atoms with Crippen molar-refractivity contribution in [2.45, 2.75) is 76.4 Å². The van der Waals surface area contributed by atoms with Crippen molar-refractivity contribution in [1.29, 1.82) is 0 Å². The molecule has 0 saturated heterocycles. The van der Waals surface area contributed by atoms with Crippen LogP contribution in [0.15, 0.2) is 41.8 Å². The summed E-state index contributed by atoms with van der Waals surface area (Å²) in [7, 11) is 0. The maximum Gasteiger partial charge on any atom is 0.247 e. The van der Waals surface area contributed by atoms with Crippen LogP contribution in [0.25, 0.3) is 0 Å². The van der Waals surface area contributed by atoms with E-state index < -0.39 is 6.04 Å². The van der Waals surface area contributed by atoms with Gasteiger partial charge in [0.05, 0.1) is 6.42 Å². The monoisotopic (exact) mass is 410 g/mol. The van der Waals surface area contributed by atoms with E-state index in [1.54, 1.807) is 11.3 Å². The summed E-state index contributed by atoms with van der Waals surface area (Å²) in [6.45, 7) is 2.13. The Morgan fingerprint density at radius 1 is 1.10 bits per heavy atom. The van der Waals surface area contributed by atoms with Crippen LogP contribution < -0.4 is 5.32 Å². The first kappa shape index (κ1) is 20.1. The number of nitrogens with zero attached hydrogens (tertiary/aromatic N) is 1. The Morgan fingerprint density at radius 3 is 2.41 bits per heavy atom. The maximum atomic E-state index is 13.4. The van der Waals surface area contributed by atoms with Gasteiger partial charge in [-0.3, -0.25) is 9.59 Å². The topological polar surface area (TPSA) is 49.4 Å². The smallest absolute Gasteiger partial charge is 0.247 e. The van der Waals surface area contributed by atoms with Crippen molar-refractivity contribution in [1.82, 2.24) is 10.2 Å². The number of hydrogen-bond donors (Lipinski definition) is 1. The van der Waals surface area contributed by atoms with Gasteiger partial charge in [-0.2, -0.15) is 0 Å². The first-order chi connectivity index (χ1) is 14.2. The Kier molecular flexibility index (Phi) is 6.34. The first-order valence-electron chi connectivity index (χ1n) is 10.9. The van der Waals surface area contributed by atoms with Crippen LogP contribution in [0.5, 0.6) is 0 Å². The minimum absolute atomic E-state index is 0.0208. The number of aryl methyl sites for hydroxylation is 1. The van der Waals surface area contributed by atoms with E-state index in [1.165, 1.54) is 18.4 Å². The van der Waals surface area contributed by atoms with Crippen LogP contribution in [0.4, 0.5) is 0 Å². The van der Waals surface area contributed by atoms with Gasteiger partial charge in [-0.05, 0) is 54.7 Å². The summed E-state index contributed by atoms with van der Waals surface area (Å²) >= 11 is 1.60. The van der Waals surface area contributed by atoms with E-state index in [4.69, 9.17) is 0 Å². The van der Waals surface area contributed by atoms with Gasteiger partial charge >= 0.3 is 0 Å². The van der Waals surface area contributed by atoms with Crippen molar-refractivity contribution in [3.63, 3.8) is 0 Å². The fourth-order valence-electron chi connectivity index (χ4n) is 4.29. The fourth-order valence-corrected chi connectivity index (χ4v) is 4.98. The third-order valence-corrected chi connectivity index (χ3v) is 6.94. The zero-order valence-electron chi connectivity index (χ0n) is 17.1. The predicted molar refractivity (Wildman–Crippen MR) is 117 cm³/mol. The number of carbonyl (C=O) groups excluding carboxylic acids is 2. The molecule has 0 radical (unpaired) electrons. The molecule has 5 heteroatoms. The normalized spacial score (nSPS) is 17.8. The van der Waals surface area contributed by atoms with Gasteiger partial charge in [0.25, 0.3) is 0 Å². The van der Waals surface area contributed by atoms with Gasteiger partial charge in [-0.15, -0.1) is 11.3 Å². The Hall–Kier alpha value is -2.14. The molecular formula is C24H30N2O2S. The SMILES string of the molecule is CCc1ccc([C@@H](C(=O)NC2CCCC2)N(C(=O)Cc2cccs2)C2CC2)cc1. The number of thiophene rings is 1. The van der Waals surface area contributed by atoms with E-state index in [0.29, 0.717) is 6.42 Å². The summed E-state index contributed by atoms with van der Waals surface area (Å²) in [5.74, 6) is 0.0358. The molecule has 29 heavy (non-hydrogen) atoms. The second kappa shape index (κ2) is 9.12. The number of carbonyl (C=O) groups is 2. The summed E-state index contributed by atoms with van der Waals surface area (Å²) in [6.07, 6.45) is 7.72. The fraction of sp³-hybridized carbons (Fsp3) is 0.500. The molecule has 0 unspecified atom stereocenters. The van der Waals surface area contributed by atoms with Crippen molar-refractivity contribution in [2.75, 3.05) is 0 Å². The van der Waals surface area contributed by atoms with Crippen molar-refractivity contribution in [3.8, 4) is 0 Å². The van der Waals surface area contributed by atoms with E-state index >= 15 is 0 Å². The first-order valence-corrected chi connectivity index (χ1v) is 11.8. The number of hydrogen-bond acceptors (Lipinski definition) is 3. The highest BCUT2D eigenvalue weighted by atomic mass is 32.1. The van der Waals surface area contributed by atoms with Gasteiger partial charge in [-0.25, -0.2) is 0 Å². The van der Waals surface area contributed by atoms with E-state index in [9.17, 15) is 9.59 Å². The molecule has 1 atom stereocenters. The lowest BCUT2D eigenvalue weighted by Crippen LogP contribution is -2.47. The average molecular weight is 411 g/mol.